The Morgan fingerprint density at radius 3 is 2.52 bits per heavy atom. The molecule has 1 aliphatic heterocycles. The fourth-order valence-corrected chi connectivity index (χ4v) is 6.54. The van der Waals surface area contributed by atoms with Crippen LogP contribution in [0.15, 0.2) is 12.5 Å². The van der Waals surface area contributed by atoms with Crippen LogP contribution in [-0.2, 0) is 17.9 Å². The second kappa shape index (κ2) is 5.09. The van der Waals surface area contributed by atoms with Crippen LogP contribution < -0.4 is 0 Å². The van der Waals surface area contributed by atoms with E-state index in [9.17, 15) is 4.79 Å². The van der Waals surface area contributed by atoms with Crippen molar-refractivity contribution in [2.45, 2.75) is 64.5 Å². The van der Waals surface area contributed by atoms with Crippen LogP contribution in [0.1, 0.15) is 57.1 Å². The summed E-state index contributed by atoms with van der Waals surface area (Å²) in [5.41, 5.74) is 1.56. The van der Waals surface area contributed by atoms with Crippen LogP contribution in [0.5, 0.6) is 0 Å². The molecule has 23 heavy (non-hydrogen) atoms. The maximum atomic E-state index is 13.1. The van der Waals surface area contributed by atoms with Crippen molar-refractivity contribution in [3.05, 3.63) is 18.2 Å². The van der Waals surface area contributed by atoms with Crippen LogP contribution in [-0.4, -0.2) is 26.9 Å². The van der Waals surface area contributed by atoms with E-state index in [1.807, 2.05) is 12.5 Å². The minimum absolute atomic E-state index is 0.360. The standard InChI is InChI=1S/C19H27N3O/c23-18(21-2-1-3-22-13-20-11-17(22)12-21)10-19-7-14-4-15(8-19)6-16(5-14)9-19/h11,13-16H,1-10,12H2. The van der Waals surface area contributed by atoms with Crippen molar-refractivity contribution in [2.75, 3.05) is 6.54 Å². The molecule has 1 amide bonds. The summed E-state index contributed by atoms with van der Waals surface area (Å²) in [5.74, 6) is 3.19. The van der Waals surface area contributed by atoms with Gasteiger partial charge < -0.3 is 9.47 Å². The lowest BCUT2D eigenvalue weighted by atomic mass is 9.49. The monoisotopic (exact) mass is 313 g/mol. The molecule has 0 aromatic carbocycles. The Morgan fingerprint density at radius 2 is 1.83 bits per heavy atom. The van der Waals surface area contributed by atoms with Crippen molar-refractivity contribution in [2.24, 2.45) is 23.2 Å². The van der Waals surface area contributed by atoms with Gasteiger partial charge in [-0.05, 0) is 68.1 Å². The molecule has 4 aliphatic carbocycles. The van der Waals surface area contributed by atoms with Gasteiger partial charge in [0.05, 0.1) is 18.6 Å². The number of carbonyl (C=O) groups is 1. The smallest absolute Gasteiger partial charge is 0.223 e. The molecule has 1 aromatic heterocycles. The van der Waals surface area contributed by atoms with Crippen molar-refractivity contribution >= 4 is 5.91 Å². The predicted molar refractivity (Wildman–Crippen MR) is 87.5 cm³/mol. The summed E-state index contributed by atoms with van der Waals surface area (Å²) in [6.07, 6.45) is 14.0. The molecule has 0 atom stereocenters. The fourth-order valence-electron chi connectivity index (χ4n) is 6.54. The van der Waals surface area contributed by atoms with Crippen molar-refractivity contribution in [1.82, 2.24) is 14.5 Å². The van der Waals surface area contributed by atoms with Gasteiger partial charge in [-0.3, -0.25) is 4.79 Å². The van der Waals surface area contributed by atoms with Gasteiger partial charge in [0.2, 0.25) is 5.91 Å². The summed E-state index contributed by atoms with van der Waals surface area (Å²) < 4.78 is 2.21. The SMILES string of the molecule is O=C(CC12CC3CC(CC(C3)C1)C2)N1CCCn2cncc2C1. The number of fused-ring (bicyclic) bond motifs is 1. The first-order valence-corrected chi connectivity index (χ1v) is 9.46. The summed E-state index contributed by atoms with van der Waals surface area (Å²) in [7, 11) is 0. The van der Waals surface area contributed by atoms with Gasteiger partial charge in [-0.2, -0.15) is 0 Å². The Balaban J connectivity index is 1.32. The van der Waals surface area contributed by atoms with E-state index in [4.69, 9.17) is 0 Å². The van der Waals surface area contributed by atoms with Gasteiger partial charge in [0.25, 0.3) is 0 Å². The largest absolute Gasteiger partial charge is 0.337 e. The van der Waals surface area contributed by atoms with Crippen LogP contribution in [0.4, 0.5) is 0 Å². The lowest BCUT2D eigenvalue weighted by Crippen LogP contribution is -2.48. The number of amides is 1. The van der Waals surface area contributed by atoms with Crippen LogP contribution in [0.2, 0.25) is 0 Å². The van der Waals surface area contributed by atoms with E-state index in [0.717, 1.165) is 50.2 Å². The molecule has 0 N–H and O–H groups in total. The molecule has 4 bridgehead atoms. The third-order valence-electron chi connectivity index (χ3n) is 7.02. The van der Waals surface area contributed by atoms with Crippen LogP contribution in [0.3, 0.4) is 0 Å². The van der Waals surface area contributed by atoms with Gasteiger partial charge in [-0.25, -0.2) is 4.98 Å². The molecule has 0 spiro atoms. The molecule has 0 radical (unpaired) electrons. The first-order chi connectivity index (χ1) is 11.2. The molecule has 0 unspecified atom stereocenters. The van der Waals surface area contributed by atoms with Gasteiger partial charge in [0, 0.05) is 25.7 Å². The third-order valence-corrected chi connectivity index (χ3v) is 7.02. The van der Waals surface area contributed by atoms with E-state index in [1.54, 1.807) is 0 Å². The Bertz CT molecular complexity index is 585. The Kier molecular flexibility index (Phi) is 3.11. The average molecular weight is 313 g/mol. The van der Waals surface area contributed by atoms with E-state index in [0.29, 0.717) is 11.3 Å². The fraction of sp³-hybridized carbons (Fsp3) is 0.789. The number of imidazole rings is 1. The number of hydrogen-bond acceptors (Lipinski definition) is 2. The van der Waals surface area contributed by atoms with Crippen molar-refractivity contribution < 1.29 is 4.79 Å². The lowest BCUT2D eigenvalue weighted by Gasteiger charge is -2.57. The third kappa shape index (κ3) is 2.41. The predicted octanol–water partition coefficient (Wildman–Crippen LogP) is 3.22. The first-order valence-electron chi connectivity index (χ1n) is 9.46. The second-order valence-corrected chi connectivity index (χ2v) is 8.84. The Hall–Kier alpha value is -1.32. The lowest BCUT2D eigenvalue weighted by molar-refractivity contribution is -0.140. The Morgan fingerprint density at radius 1 is 1.13 bits per heavy atom. The molecule has 0 saturated heterocycles. The summed E-state index contributed by atoms with van der Waals surface area (Å²) in [5, 5.41) is 0. The topological polar surface area (TPSA) is 38.1 Å². The molecule has 4 nitrogen and oxygen atoms in total. The molecule has 1 aromatic rings. The van der Waals surface area contributed by atoms with Gasteiger partial charge >= 0.3 is 0 Å². The van der Waals surface area contributed by atoms with E-state index >= 15 is 0 Å². The highest BCUT2D eigenvalue weighted by molar-refractivity contribution is 5.77. The molecule has 4 saturated carbocycles. The number of carbonyl (C=O) groups excluding carboxylic acids is 1. The van der Waals surface area contributed by atoms with Crippen LogP contribution in [0, 0.1) is 23.2 Å². The minimum Gasteiger partial charge on any atom is -0.337 e. The van der Waals surface area contributed by atoms with Crippen molar-refractivity contribution in [3.63, 3.8) is 0 Å². The molecule has 4 heteroatoms. The summed E-state index contributed by atoms with van der Waals surface area (Å²) >= 11 is 0. The number of nitrogens with zero attached hydrogens (tertiary/aromatic N) is 3. The zero-order valence-corrected chi connectivity index (χ0v) is 13.9. The number of aryl methyl sites for hydroxylation is 1. The maximum Gasteiger partial charge on any atom is 0.223 e. The molecule has 2 heterocycles. The average Bonchev–Trinajstić information content (AvgIpc) is 2.82. The number of hydrogen-bond donors (Lipinski definition) is 0. The zero-order valence-electron chi connectivity index (χ0n) is 13.9. The normalized spacial score (nSPS) is 38.4. The van der Waals surface area contributed by atoms with E-state index in [2.05, 4.69) is 14.5 Å². The molecule has 4 fully saturated rings. The molecular weight excluding hydrogens is 286 g/mol. The molecule has 124 valence electrons. The molecule has 5 aliphatic rings. The van der Waals surface area contributed by atoms with Crippen LogP contribution >= 0.6 is 0 Å². The summed E-state index contributed by atoms with van der Waals surface area (Å²) in [4.78, 5) is 19.4. The van der Waals surface area contributed by atoms with Crippen molar-refractivity contribution in [3.8, 4) is 0 Å². The maximum absolute atomic E-state index is 13.1. The van der Waals surface area contributed by atoms with E-state index in [1.165, 1.54) is 44.2 Å². The zero-order chi connectivity index (χ0) is 15.4. The number of rotatable bonds is 2. The second-order valence-electron chi connectivity index (χ2n) is 8.84. The first kappa shape index (κ1) is 14.1. The molecular formula is C19H27N3O. The van der Waals surface area contributed by atoms with E-state index < -0.39 is 0 Å². The highest BCUT2D eigenvalue weighted by Crippen LogP contribution is 2.61. The minimum atomic E-state index is 0.360. The van der Waals surface area contributed by atoms with Gasteiger partial charge in [-0.15, -0.1) is 0 Å². The summed E-state index contributed by atoms with van der Waals surface area (Å²) in [6.45, 7) is 2.66. The Labute approximate surface area is 138 Å². The molecule has 6 rings (SSSR count). The highest BCUT2D eigenvalue weighted by atomic mass is 16.2. The van der Waals surface area contributed by atoms with Crippen molar-refractivity contribution in [1.29, 1.82) is 0 Å². The van der Waals surface area contributed by atoms with Gasteiger partial charge in [0.15, 0.2) is 0 Å². The highest BCUT2D eigenvalue weighted by Gasteiger charge is 2.51. The van der Waals surface area contributed by atoms with Gasteiger partial charge in [-0.1, -0.05) is 0 Å². The number of aromatic nitrogens is 2. The van der Waals surface area contributed by atoms with E-state index in [-0.39, 0.29) is 0 Å². The quantitative estimate of drug-likeness (QED) is 0.841. The van der Waals surface area contributed by atoms with Crippen LogP contribution in [0.25, 0.3) is 0 Å². The summed E-state index contributed by atoms with van der Waals surface area (Å²) in [6, 6.07) is 0. The van der Waals surface area contributed by atoms with Gasteiger partial charge in [0.1, 0.15) is 0 Å².